The summed E-state index contributed by atoms with van der Waals surface area (Å²) in [7, 11) is 0. The largest absolute Gasteiger partial charge is 0.480 e. The molecule has 2 amide bonds. The highest BCUT2D eigenvalue weighted by Crippen LogP contribution is 2.16. The molecule has 1 unspecified atom stereocenters. The lowest BCUT2D eigenvalue weighted by molar-refractivity contribution is -0.144. The highest BCUT2D eigenvalue weighted by atomic mass is 16.4. The monoisotopic (exact) mass is 285 g/mol. The van der Waals surface area contributed by atoms with Crippen LogP contribution in [-0.2, 0) is 4.79 Å². The van der Waals surface area contributed by atoms with Crippen LogP contribution in [0.15, 0.2) is 0 Å². The second-order valence-corrected chi connectivity index (χ2v) is 5.48. The molecule has 1 heterocycles. The number of carbonyl (C=O) groups excluding carboxylic acids is 1. The van der Waals surface area contributed by atoms with Crippen molar-refractivity contribution < 1.29 is 14.7 Å². The van der Waals surface area contributed by atoms with E-state index in [2.05, 4.69) is 22.5 Å². The van der Waals surface area contributed by atoms with Gasteiger partial charge in [-0.2, -0.15) is 0 Å². The van der Waals surface area contributed by atoms with Crippen LogP contribution in [0, 0.1) is 5.92 Å². The number of nitrogens with zero attached hydrogens (tertiary/aromatic N) is 1. The highest BCUT2D eigenvalue weighted by Gasteiger charge is 2.36. The Kier molecular flexibility index (Phi) is 6.26. The fourth-order valence-electron chi connectivity index (χ4n) is 2.65. The molecule has 0 radical (unpaired) electrons. The molecular formula is C14H27N3O3. The molecule has 1 fully saturated rings. The molecule has 1 rings (SSSR count). The zero-order valence-electron chi connectivity index (χ0n) is 12.7. The van der Waals surface area contributed by atoms with Crippen LogP contribution in [-0.4, -0.2) is 53.7 Å². The Labute approximate surface area is 120 Å². The SMILES string of the molecule is CCN1CCC(CNC(=O)NC(CC)(CC)C(=O)O)C1. The zero-order chi connectivity index (χ0) is 15.2. The van der Waals surface area contributed by atoms with Crippen molar-refractivity contribution in [1.82, 2.24) is 15.5 Å². The zero-order valence-corrected chi connectivity index (χ0v) is 12.7. The first-order valence-electron chi connectivity index (χ1n) is 7.49. The van der Waals surface area contributed by atoms with Crippen LogP contribution >= 0.6 is 0 Å². The van der Waals surface area contributed by atoms with Crippen LogP contribution < -0.4 is 10.6 Å². The molecule has 116 valence electrons. The van der Waals surface area contributed by atoms with E-state index in [0.717, 1.165) is 26.1 Å². The summed E-state index contributed by atoms with van der Waals surface area (Å²) in [5.74, 6) is -0.515. The number of carboxylic acid groups (broad SMARTS) is 1. The summed E-state index contributed by atoms with van der Waals surface area (Å²) in [5.41, 5.74) is -1.16. The van der Waals surface area contributed by atoms with Crippen LogP contribution in [0.5, 0.6) is 0 Å². The third-order valence-corrected chi connectivity index (χ3v) is 4.34. The summed E-state index contributed by atoms with van der Waals surface area (Å²) in [5, 5.41) is 14.7. The van der Waals surface area contributed by atoms with Gasteiger partial charge in [0.15, 0.2) is 0 Å². The van der Waals surface area contributed by atoms with Crippen LogP contribution in [0.1, 0.15) is 40.0 Å². The van der Waals surface area contributed by atoms with E-state index in [1.165, 1.54) is 0 Å². The Morgan fingerprint density at radius 3 is 2.40 bits per heavy atom. The van der Waals surface area contributed by atoms with Crippen molar-refractivity contribution in [3.63, 3.8) is 0 Å². The summed E-state index contributed by atoms with van der Waals surface area (Å²) in [6.45, 7) is 9.39. The lowest BCUT2D eigenvalue weighted by atomic mass is 9.93. The number of likely N-dealkylation sites (tertiary alicyclic amines) is 1. The maximum atomic E-state index is 11.9. The number of carbonyl (C=O) groups is 2. The van der Waals surface area contributed by atoms with Gasteiger partial charge in [0.1, 0.15) is 5.54 Å². The molecule has 1 aliphatic rings. The molecule has 0 aromatic carbocycles. The lowest BCUT2D eigenvalue weighted by Gasteiger charge is -2.28. The van der Waals surface area contributed by atoms with Crippen LogP contribution in [0.4, 0.5) is 4.79 Å². The minimum Gasteiger partial charge on any atom is -0.480 e. The molecule has 0 aromatic heterocycles. The standard InChI is InChI=1S/C14H27N3O3/c1-4-14(5-2,12(18)19)16-13(20)15-9-11-7-8-17(6-3)10-11/h11H,4-10H2,1-3H3,(H,18,19)(H2,15,16,20). The van der Waals surface area contributed by atoms with Crippen molar-refractivity contribution in [3.05, 3.63) is 0 Å². The average molecular weight is 285 g/mol. The average Bonchev–Trinajstić information content (AvgIpc) is 2.90. The maximum Gasteiger partial charge on any atom is 0.329 e. The second kappa shape index (κ2) is 7.47. The number of amides is 2. The second-order valence-electron chi connectivity index (χ2n) is 5.48. The number of urea groups is 1. The minimum atomic E-state index is -1.16. The molecule has 0 saturated carbocycles. The summed E-state index contributed by atoms with van der Waals surface area (Å²) < 4.78 is 0. The van der Waals surface area contributed by atoms with Gasteiger partial charge in [0, 0.05) is 13.1 Å². The fraction of sp³-hybridized carbons (Fsp3) is 0.857. The third-order valence-electron chi connectivity index (χ3n) is 4.34. The van der Waals surface area contributed by atoms with Gasteiger partial charge >= 0.3 is 12.0 Å². The molecule has 1 atom stereocenters. The molecular weight excluding hydrogens is 258 g/mol. The van der Waals surface area contributed by atoms with E-state index >= 15 is 0 Å². The van der Waals surface area contributed by atoms with E-state index in [1.807, 2.05) is 0 Å². The molecule has 6 nitrogen and oxygen atoms in total. The molecule has 1 saturated heterocycles. The Morgan fingerprint density at radius 2 is 1.95 bits per heavy atom. The summed E-state index contributed by atoms with van der Waals surface area (Å²) in [4.78, 5) is 25.6. The van der Waals surface area contributed by atoms with E-state index in [4.69, 9.17) is 0 Å². The van der Waals surface area contributed by atoms with Crippen molar-refractivity contribution in [2.24, 2.45) is 5.92 Å². The van der Waals surface area contributed by atoms with Gasteiger partial charge in [-0.3, -0.25) is 0 Å². The number of hydrogen-bond acceptors (Lipinski definition) is 3. The number of nitrogens with one attached hydrogen (secondary N) is 2. The first-order chi connectivity index (χ1) is 9.47. The Hall–Kier alpha value is -1.30. The number of hydrogen-bond donors (Lipinski definition) is 3. The molecule has 0 aliphatic carbocycles. The first kappa shape index (κ1) is 16.8. The quantitative estimate of drug-likeness (QED) is 0.658. The van der Waals surface area contributed by atoms with Gasteiger partial charge in [-0.05, 0) is 38.3 Å². The fourth-order valence-corrected chi connectivity index (χ4v) is 2.65. The number of rotatable bonds is 7. The lowest BCUT2D eigenvalue weighted by Crippen LogP contribution is -2.56. The van der Waals surface area contributed by atoms with E-state index in [9.17, 15) is 14.7 Å². The Bertz CT molecular complexity index is 343. The third kappa shape index (κ3) is 4.10. The molecule has 6 heteroatoms. The summed E-state index contributed by atoms with van der Waals surface area (Å²) in [6.07, 6.45) is 1.83. The molecule has 0 aromatic rings. The topological polar surface area (TPSA) is 81.7 Å². The van der Waals surface area contributed by atoms with Crippen molar-refractivity contribution in [2.75, 3.05) is 26.2 Å². The molecule has 0 bridgehead atoms. The van der Waals surface area contributed by atoms with E-state index in [0.29, 0.717) is 25.3 Å². The normalized spacial score (nSPS) is 19.9. The van der Waals surface area contributed by atoms with Crippen LogP contribution in [0.3, 0.4) is 0 Å². The van der Waals surface area contributed by atoms with Crippen molar-refractivity contribution in [3.8, 4) is 0 Å². The predicted octanol–water partition coefficient (Wildman–Crippen LogP) is 1.27. The Balaban J connectivity index is 2.41. The number of aliphatic carboxylic acids is 1. The Morgan fingerprint density at radius 1 is 1.30 bits per heavy atom. The smallest absolute Gasteiger partial charge is 0.329 e. The summed E-state index contributed by atoms with van der Waals surface area (Å²) >= 11 is 0. The van der Waals surface area contributed by atoms with Crippen LogP contribution in [0.2, 0.25) is 0 Å². The van der Waals surface area contributed by atoms with E-state index < -0.39 is 11.5 Å². The van der Waals surface area contributed by atoms with Gasteiger partial charge < -0.3 is 20.6 Å². The van der Waals surface area contributed by atoms with Crippen molar-refractivity contribution in [2.45, 2.75) is 45.6 Å². The molecule has 3 N–H and O–H groups in total. The van der Waals surface area contributed by atoms with E-state index in [1.54, 1.807) is 13.8 Å². The van der Waals surface area contributed by atoms with Gasteiger partial charge in [0.05, 0.1) is 0 Å². The first-order valence-corrected chi connectivity index (χ1v) is 7.49. The highest BCUT2D eigenvalue weighted by molar-refractivity contribution is 5.86. The van der Waals surface area contributed by atoms with Crippen molar-refractivity contribution in [1.29, 1.82) is 0 Å². The van der Waals surface area contributed by atoms with Gasteiger partial charge in [0.25, 0.3) is 0 Å². The van der Waals surface area contributed by atoms with Gasteiger partial charge in [0.2, 0.25) is 0 Å². The maximum absolute atomic E-state index is 11.9. The summed E-state index contributed by atoms with van der Waals surface area (Å²) in [6, 6.07) is -0.383. The predicted molar refractivity (Wildman–Crippen MR) is 77.7 cm³/mol. The van der Waals surface area contributed by atoms with Crippen LogP contribution in [0.25, 0.3) is 0 Å². The molecule has 0 spiro atoms. The minimum absolute atomic E-state index is 0.374. The van der Waals surface area contributed by atoms with E-state index in [-0.39, 0.29) is 6.03 Å². The molecule has 20 heavy (non-hydrogen) atoms. The van der Waals surface area contributed by atoms with Gasteiger partial charge in [-0.15, -0.1) is 0 Å². The van der Waals surface area contributed by atoms with Gasteiger partial charge in [-0.25, -0.2) is 9.59 Å². The molecule has 1 aliphatic heterocycles. The van der Waals surface area contributed by atoms with Gasteiger partial charge in [-0.1, -0.05) is 20.8 Å². The number of carboxylic acids is 1. The van der Waals surface area contributed by atoms with Crippen molar-refractivity contribution >= 4 is 12.0 Å².